The third-order valence-electron chi connectivity index (χ3n) is 5.24. The van der Waals surface area contributed by atoms with Gasteiger partial charge in [-0.15, -0.1) is 11.6 Å². The molecule has 0 aromatic carbocycles. The maximum absolute atomic E-state index is 12.6. The highest BCUT2D eigenvalue weighted by Gasteiger charge is 2.61. The number of hydrogen-bond acceptors (Lipinski definition) is 4. The van der Waals surface area contributed by atoms with E-state index in [1.807, 2.05) is 6.92 Å². The van der Waals surface area contributed by atoms with E-state index in [-0.39, 0.29) is 24.2 Å². The van der Waals surface area contributed by atoms with Crippen molar-refractivity contribution in [3.05, 3.63) is 0 Å². The maximum Gasteiger partial charge on any atom is 0.329 e. The third kappa shape index (κ3) is 2.07. The van der Waals surface area contributed by atoms with Gasteiger partial charge in [0.15, 0.2) is 5.06 Å². The van der Waals surface area contributed by atoms with E-state index in [0.29, 0.717) is 25.4 Å². The fourth-order valence-electron chi connectivity index (χ4n) is 3.67. The second-order valence-corrected chi connectivity index (χ2v) is 7.92. The molecule has 4 aliphatic rings. The highest BCUT2D eigenvalue weighted by atomic mass is 35.5. The summed E-state index contributed by atoms with van der Waals surface area (Å²) in [6.45, 7) is 1.96. The standard InChI is InChI=1S/C14H18Cl2O4/c1-7-11-9(19-11)3-5-14(7,16)12(17)20-13(15)4-2-8-10(6-13)18-8/h7-11H,2-6H2,1H3. The molecule has 4 rings (SSSR count). The topological polar surface area (TPSA) is 51.4 Å². The zero-order valence-corrected chi connectivity index (χ0v) is 12.8. The van der Waals surface area contributed by atoms with E-state index in [1.165, 1.54) is 0 Å². The van der Waals surface area contributed by atoms with Crippen molar-refractivity contribution in [1.82, 2.24) is 0 Å². The predicted octanol–water partition coefficient (Wildman–Crippen LogP) is 2.59. The molecule has 112 valence electrons. The van der Waals surface area contributed by atoms with E-state index < -0.39 is 15.9 Å². The quantitative estimate of drug-likeness (QED) is 0.446. The van der Waals surface area contributed by atoms with E-state index in [4.69, 9.17) is 37.4 Å². The van der Waals surface area contributed by atoms with Crippen LogP contribution >= 0.6 is 23.2 Å². The Balaban J connectivity index is 1.46. The first-order chi connectivity index (χ1) is 9.41. The maximum atomic E-state index is 12.6. The second-order valence-electron chi connectivity index (χ2n) is 6.56. The molecule has 4 nitrogen and oxygen atoms in total. The number of alkyl halides is 2. The molecule has 0 N–H and O–H groups in total. The molecule has 2 saturated heterocycles. The Morgan fingerprint density at radius 1 is 1.15 bits per heavy atom. The van der Waals surface area contributed by atoms with Crippen LogP contribution in [0.15, 0.2) is 0 Å². The summed E-state index contributed by atoms with van der Waals surface area (Å²) in [7, 11) is 0. The van der Waals surface area contributed by atoms with Gasteiger partial charge in [0.1, 0.15) is 4.87 Å². The van der Waals surface area contributed by atoms with Crippen molar-refractivity contribution in [3.63, 3.8) is 0 Å². The van der Waals surface area contributed by atoms with Gasteiger partial charge in [0.2, 0.25) is 0 Å². The minimum absolute atomic E-state index is 0.0378. The summed E-state index contributed by atoms with van der Waals surface area (Å²) in [6, 6.07) is 0. The number of carbonyl (C=O) groups is 1. The first-order valence-electron chi connectivity index (χ1n) is 7.33. The van der Waals surface area contributed by atoms with E-state index >= 15 is 0 Å². The summed E-state index contributed by atoms with van der Waals surface area (Å²) in [5, 5.41) is -0.947. The van der Waals surface area contributed by atoms with Crippen LogP contribution in [0.4, 0.5) is 0 Å². The molecule has 0 radical (unpaired) electrons. The number of rotatable bonds is 2. The number of epoxide rings is 2. The molecule has 7 atom stereocenters. The number of hydrogen-bond donors (Lipinski definition) is 0. The first-order valence-corrected chi connectivity index (χ1v) is 8.09. The van der Waals surface area contributed by atoms with E-state index in [2.05, 4.69) is 0 Å². The SMILES string of the molecule is CC1C2OC2CCC1(Cl)C(=O)OC1(Cl)CCC2OC2C1. The lowest BCUT2D eigenvalue weighted by Crippen LogP contribution is -2.49. The molecule has 4 fully saturated rings. The Labute approximate surface area is 128 Å². The lowest BCUT2D eigenvalue weighted by atomic mass is 9.79. The van der Waals surface area contributed by atoms with Gasteiger partial charge in [0.05, 0.1) is 24.4 Å². The van der Waals surface area contributed by atoms with Crippen LogP contribution in [0.5, 0.6) is 0 Å². The fourth-order valence-corrected chi connectivity index (χ4v) is 4.28. The van der Waals surface area contributed by atoms with Crippen LogP contribution in [-0.4, -0.2) is 40.3 Å². The zero-order valence-electron chi connectivity index (χ0n) is 11.3. The molecule has 0 aromatic heterocycles. The fraction of sp³-hybridized carbons (Fsp3) is 0.929. The molecule has 20 heavy (non-hydrogen) atoms. The summed E-state index contributed by atoms with van der Waals surface area (Å²) in [6.07, 6.45) is 4.30. The van der Waals surface area contributed by atoms with Crippen molar-refractivity contribution in [2.24, 2.45) is 5.92 Å². The first kappa shape index (κ1) is 13.6. The molecule has 0 aromatic rings. The van der Waals surface area contributed by atoms with Gasteiger partial charge in [-0.2, -0.15) is 0 Å². The number of carbonyl (C=O) groups excluding carboxylic acids is 1. The minimum atomic E-state index is -0.999. The van der Waals surface area contributed by atoms with Crippen molar-refractivity contribution >= 4 is 29.2 Å². The molecule has 0 amide bonds. The number of ether oxygens (including phenoxy) is 3. The Morgan fingerprint density at radius 3 is 2.65 bits per heavy atom. The Morgan fingerprint density at radius 2 is 1.90 bits per heavy atom. The van der Waals surface area contributed by atoms with E-state index in [9.17, 15) is 4.79 Å². The van der Waals surface area contributed by atoms with Crippen LogP contribution in [0.1, 0.15) is 39.0 Å². The van der Waals surface area contributed by atoms with Gasteiger partial charge in [-0.3, -0.25) is 4.79 Å². The summed E-state index contributed by atoms with van der Waals surface area (Å²) in [5.41, 5.74) is 0. The molecular formula is C14H18Cl2O4. The summed E-state index contributed by atoms with van der Waals surface area (Å²) >= 11 is 13.0. The molecule has 2 heterocycles. The lowest BCUT2D eigenvalue weighted by Gasteiger charge is -2.37. The van der Waals surface area contributed by atoms with Gasteiger partial charge in [0, 0.05) is 18.8 Å². The van der Waals surface area contributed by atoms with Gasteiger partial charge < -0.3 is 14.2 Å². The van der Waals surface area contributed by atoms with Gasteiger partial charge >= 0.3 is 5.97 Å². The van der Waals surface area contributed by atoms with Gasteiger partial charge in [-0.1, -0.05) is 18.5 Å². The highest BCUT2D eigenvalue weighted by Crippen LogP contribution is 2.51. The Bertz CT molecular complexity index is 458. The average molecular weight is 321 g/mol. The van der Waals surface area contributed by atoms with E-state index in [0.717, 1.165) is 12.8 Å². The van der Waals surface area contributed by atoms with Crippen molar-refractivity contribution < 1.29 is 19.0 Å². The molecule has 6 heteroatoms. The van der Waals surface area contributed by atoms with Crippen molar-refractivity contribution in [1.29, 1.82) is 0 Å². The van der Waals surface area contributed by atoms with Crippen LogP contribution in [0, 0.1) is 5.92 Å². The molecule has 2 aliphatic carbocycles. The van der Waals surface area contributed by atoms with Gasteiger partial charge in [-0.25, -0.2) is 0 Å². The van der Waals surface area contributed by atoms with E-state index in [1.54, 1.807) is 0 Å². The monoisotopic (exact) mass is 320 g/mol. The number of halogens is 2. The molecule has 7 unspecified atom stereocenters. The largest absolute Gasteiger partial charge is 0.442 e. The predicted molar refractivity (Wildman–Crippen MR) is 72.8 cm³/mol. The molecule has 2 aliphatic heterocycles. The Kier molecular flexibility index (Phi) is 2.89. The van der Waals surface area contributed by atoms with Crippen LogP contribution in [0.2, 0.25) is 0 Å². The highest BCUT2D eigenvalue weighted by molar-refractivity contribution is 6.35. The molecule has 2 saturated carbocycles. The van der Waals surface area contributed by atoms with Gasteiger partial charge in [-0.05, 0) is 19.3 Å². The second kappa shape index (κ2) is 4.25. The summed E-state index contributed by atoms with van der Waals surface area (Å²) in [5.74, 6) is -0.432. The minimum Gasteiger partial charge on any atom is -0.442 e. The number of esters is 1. The zero-order chi connectivity index (χ0) is 14.1. The Hall–Kier alpha value is -0.0300. The van der Waals surface area contributed by atoms with Crippen molar-refractivity contribution in [3.8, 4) is 0 Å². The smallest absolute Gasteiger partial charge is 0.329 e. The van der Waals surface area contributed by atoms with Crippen LogP contribution < -0.4 is 0 Å². The van der Waals surface area contributed by atoms with Gasteiger partial charge in [0.25, 0.3) is 0 Å². The number of fused-ring (bicyclic) bond motifs is 2. The summed E-state index contributed by atoms with van der Waals surface area (Å²) < 4.78 is 16.6. The summed E-state index contributed by atoms with van der Waals surface area (Å²) in [4.78, 5) is 11.6. The third-order valence-corrected chi connectivity index (χ3v) is 6.35. The van der Waals surface area contributed by atoms with Crippen molar-refractivity contribution in [2.45, 2.75) is 73.4 Å². The average Bonchev–Trinajstić information content (AvgIpc) is 3.26. The molecule has 0 bridgehead atoms. The van der Waals surface area contributed by atoms with Crippen LogP contribution in [0.25, 0.3) is 0 Å². The van der Waals surface area contributed by atoms with Crippen molar-refractivity contribution in [2.75, 3.05) is 0 Å². The molecular weight excluding hydrogens is 303 g/mol. The van der Waals surface area contributed by atoms with Crippen LogP contribution in [-0.2, 0) is 19.0 Å². The van der Waals surface area contributed by atoms with Crippen LogP contribution in [0.3, 0.4) is 0 Å². The normalized spacial score (nSPS) is 56.5. The molecule has 0 spiro atoms. The lowest BCUT2D eigenvalue weighted by molar-refractivity contribution is -0.159.